The highest BCUT2D eigenvalue weighted by Crippen LogP contribution is 2.20. The van der Waals surface area contributed by atoms with Gasteiger partial charge in [-0.15, -0.1) is 0 Å². The fourth-order valence-electron chi connectivity index (χ4n) is 1.63. The number of carbonyl (C=O) groups is 1. The van der Waals surface area contributed by atoms with Crippen molar-refractivity contribution in [3.8, 4) is 11.4 Å². The van der Waals surface area contributed by atoms with Gasteiger partial charge in [0.15, 0.2) is 5.82 Å². The lowest BCUT2D eigenvalue weighted by atomic mass is 10.2. The summed E-state index contributed by atoms with van der Waals surface area (Å²) in [6.07, 6.45) is 2.01. The Bertz CT molecular complexity index is 559. The Labute approximate surface area is 126 Å². The van der Waals surface area contributed by atoms with Crippen LogP contribution in [0, 0.1) is 0 Å². The van der Waals surface area contributed by atoms with E-state index in [0.29, 0.717) is 11.0 Å². The van der Waals surface area contributed by atoms with Gasteiger partial charge in [-0.05, 0) is 13.2 Å². The van der Waals surface area contributed by atoms with Crippen LogP contribution >= 0.6 is 23.3 Å². The highest BCUT2D eigenvalue weighted by molar-refractivity contribution is 7.98. The zero-order valence-corrected chi connectivity index (χ0v) is 12.9. The number of thioether (sulfide) groups is 1. The Balaban J connectivity index is 1.95. The Hall–Kier alpha value is -1.60. The first-order chi connectivity index (χ1) is 9.69. The molecule has 20 heavy (non-hydrogen) atoms. The summed E-state index contributed by atoms with van der Waals surface area (Å²) in [5.41, 5.74) is 0.938. The monoisotopic (exact) mass is 308 g/mol. The van der Waals surface area contributed by atoms with Crippen LogP contribution in [0.4, 0.5) is 9.93 Å². The number of anilines is 1. The first-order valence-corrected chi connectivity index (χ1v) is 8.31. The highest BCUT2D eigenvalue weighted by atomic mass is 32.2. The average molecular weight is 308 g/mol. The molecule has 0 saturated carbocycles. The van der Waals surface area contributed by atoms with E-state index < -0.39 is 0 Å². The molecule has 106 valence electrons. The molecule has 0 bridgehead atoms. The molecule has 5 nitrogen and oxygen atoms in total. The third kappa shape index (κ3) is 4.21. The van der Waals surface area contributed by atoms with Crippen molar-refractivity contribution in [2.24, 2.45) is 0 Å². The van der Waals surface area contributed by atoms with Crippen LogP contribution in [0.1, 0.15) is 6.92 Å². The number of nitrogens with one attached hydrogen (secondary N) is 2. The molecule has 7 heteroatoms. The number of rotatable bonds is 5. The van der Waals surface area contributed by atoms with Crippen molar-refractivity contribution < 1.29 is 4.79 Å². The van der Waals surface area contributed by atoms with Crippen LogP contribution in [-0.2, 0) is 0 Å². The molecule has 0 unspecified atom stereocenters. The first-order valence-electron chi connectivity index (χ1n) is 6.14. The van der Waals surface area contributed by atoms with Gasteiger partial charge in [-0.1, -0.05) is 30.3 Å². The van der Waals surface area contributed by atoms with Crippen molar-refractivity contribution in [2.45, 2.75) is 13.0 Å². The zero-order valence-electron chi connectivity index (χ0n) is 11.3. The summed E-state index contributed by atoms with van der Waals surface area (Å²) in [6.45, 7) is 1.96. The highest BCUT2D eigenvalue weighted by Gasteiger charge is 2.11. The largest absolute Gasteiger partial charge is 0.335 e. The van der Waals surface area contributed by atoms with E-state index in [0.717, 1.165) is 11.3 Å². The quantitative estimate of drug-likeness (QED) is 0.891. The van der Waals surface area contributed by atoms with Crippen molar-refractivity contribution in [1.82, 2.24) is 14.7 Å². The Morgan fingerprint density at radius 3 is 2.85 bits per heavy atom. The van der Waals surface area contributed by atoms with Crippen LogP contribution < -0.4 is 10.6 Å². The summed E-state index contributed by atoms with van der Waals surface area (Å²) in [4.78, 5) is 16.1. The van der Waals surface area contributed by atoms with Gasteiger partial charge >= 0.3 is 6.03 Å². The standard InChI is InChI=1S/C13H16N4OS2/c1-9(8-19-2)14-12(18)16-13-15-11(17-20-13)10-6-4-3-5-7-10/h3-7,9H,8H2,1-2H3,(H2,14,15,16,17,18)/t9-/m0/s1. The minimum absolute atomic E-state index is 0.117. The maximum absolute atomic E-state index is 11.8. The number of carbonyl (C=O) groups excluding carboxylic acids is 1. The molecule has 0 spiro atoms. The van der Waals surface area contributed by atoms with Gasteiger partial charge in [-0.2, -0.15) is 21.1 Å². The van der Waals surface area contributed by atoms with Gasteiger partial charge < -0.3 is 5.32 Å². The van der Waals surface area contributed by atoms with Gasteiger partial charge in [0.25, 0.3) is 0 Å². The van der Waals surface area contributed by atoms with Crippen molar-refractivity contribution in [1.29, 1.82) is 0 Å². The summed E-state index contributed by atoms with van der Waals surface area (Å²) in [7, 11) is 0. The molecule has 0 aliphatic heterocycles. The summed E-state index contributed by atoms with van der Waals surface area (Å²) < 4.78 is 4.24. The molecule has 0 fully saturated rings. The number of hydrogen-bond acceptors (Lipinski definition) is 5. The molecule has 1 atom stereocenters. The second-order valence-corrected chi connectivity index (χ2v) is 5.91. The third-order valence-electron chi connectivity index (χ3n) is 2.47. The zero-order chi connectivity index (χ0) is 14.4. The lowest BCUT2D eigenvalue weighted by Crippen LogP contribution is -2.37. The normalized spacial score (nSPS) is 11.9. The molecule has 0 aliphatic carbocycles. The third-order valence-corrected chi connectivity index (χ3v) is 3.94. The Kier molecular flexibility index (Phi) is 5.37. The van der Waals surface area contributed by atoms with Gasteiger partial charge in [-0.3, -0.25) is 5.32 Å². The van der Waals surface area contributed by atoms with Gasteiger partial charge in [-0.25, -0.2) is 4.79 Å². The predicted octanol–water partition coefficient (Wildman–Crippen LogP) is 3.08. The van der Waals surface area contributed by atoms with Crippen LogP contribution in [0.2, 0.25) is 0 Å². The average Bonchev–Trinajstić information content (AvgIpc) is 2.88. The van der Waals surface area contributed by atoms with Crippen LogP contribution in [0.5, 0.6) is 0 Å². The first kappa shape index (κ1) is 14.8. The number of urea groups is 1. The molecule has 2 N–H and O–H groups in total. The van der Waals surface area contributed by atoms with E-state index >= 15 is 0 Å². The van der Waals surface area contributed by atoms with Crippen LogP contribution in [0.3, 0.4) is 0 Å². The fourth-order valence-corrected chi connectivity index (χ4v) is 2.80. The second kappa shape index (κ2) is 7.25. The van der Waals surface area contributed by atoms with Gasteiger partial charge in [0, 0.05) is 28.9 Å². The van der Waals surface area contributed by atoms with E-state index in [1.807, 2.05) is 43.5 Å². The van der Waals surface area contributed by atoms with E-state index in [9.17, 15) is 4.79 Å². The minimum atomic E-state index is -0.248. The molecule has 2 amide bonds. The molecular formula is C13H16N4OS2. The maximum atomic E-state index is 11.8. The molecule has 0 aliphatic rings. The molecule has 1 heterocycles. The molecule has 1 aromatic heterocycles. The summed E-state index contributed by atoms with van der Waals surface area (Å²) in [5, 5.41) is 6.05. The fraction of sp³-hybridized carbons (Fsp3) is 0.308. The molecule has 0 radical (unpaired) electrons. The van der Waals surface area contributed by atoms with Crippen molar-refractivity contribution in [2.75, 3.05) is 17.3 Å². The molecular weight excluding hydrogens is 292 g/mol. The van der Waals surface area contributed by atoms with Crippen molar-refractivity contribution in [3.05, 3.63) is 30.3 Å². The minimum Gasteiger partial charge on any atom is -0.335 e. The van der Waals surface area contributed by atoms with E-state index in [-0.39, 0.29) is 12.1 Å². The topological polar surface area (TPSA) is 66.9 Å². The SMILES string of the molecule is CSC[C@H](C)NC(=O)Nc1nc(-c2ccccc2)ns1. The van der Waals surface area contributed by atoms with Crippen LogP contribution in [0.25, 0.3) is 11.4 Å². The lowest BCUT2D eigenvalue weighted by molar-refractivity contribution is 0.250. The smallest absolute Gasteiger partial charge is 0.321 e. The molecule has 0 saturated heterocycles. The van der Waals surface area contributed by atoms with Crippen molar-refractivity contribution in [3.63, 3.8) is 0 Å². The molecule has 1 aromatic carbocycles. The maximum Gasteiger partial charge on any atom is 0.321 e. The molecule has 2 rings (SSSR count). The second-order valence-electron chi connectivity index (χ2n) is 4.24. The lowest BCUT2D eigenvalue weighted by Gasteiger charge is -2.11. The van der Waals surface area contributed by atoms with Crippen molar-refractivity contribution >= 4 is 34.5 Å². The number of amides is 2. The van der Waals surface area contributed by atoms with E-state index in [1.54, 1.807) is 11.8 Å². The summed E-state index contributed by atoms with van der Waals surface area (Å²) >= 11 is 2.87. The Morgan fingerprint density at radius 1 is 1.40 bits per heavy atom. The molecule has 2 aromatic rings. The van der Waals surface area contributed by atoms with Gasteiger partial charge in [0.2, 0.25) is 5.13 Å². The number of aromatic nitrogens is 2. The van der Waals surface area contributed by atoms with E-state index in [1.165, 1.54) is 11.5 Å². The number of nitrogens with zero attached hydrogens (tertiary/aromatic N) is 2. The van der Waals surface area contributed by atoms with E-state index in [4.69, 9.17) is 0 Å². The summed E-state index contributed by atoms with van der Waals surface area (Å²) in [6, 6.07) is 9.54. The van der Waals surface area contributed by atoms with Crippen LogP contribution in [0.15, 0.2) is 30.3 Å². The van der Waals surface area contributed by atoms with E-state index in [2.05, 4.69) is 20.0 Å². The number of benzene rings is 1. The van der Waals surface area contributed by atoms with Gasteiger partial charge in [0.1, 0.15) is 0 Å². The predicted molar refractivity (Wildman–Crippen MR) is 85.3 cm³/mol. The van der Waals surface area contributed by atoms with Crippen LogP contribution in [-0.4, -0.2) is 33.4 Å². The summed E-state index contributed by atoms with van der Waals surface area (Å²) in [5.74, 6) is 1.50. The van der Waals surface area contributed by atoms with Gasteiger partial charge in [0.05, 0.1) is 0 Å². The number of hydrogen-bond donors (Lipinski definition) is 2. The Morgan fingerprint density at radius 2 is 2.15 bits per heavy atom.